The lowest BCUT2D eigenvalue weighted by atomic mass is 10.1. The Hall–Kier alpha value is -3.68. The number of hydrogen-bond donors (Lipinski definition) is 2. The fraction of sp³-hybridized carbons (Fsp3) is 0.200. The number of fused-ring (bicyclic) bond motifs is 1. The summed E-state index contributed by atoms with van der Waals surface area (Å²) in [6, 6.07) is 11.6. The zero-order valence-electron chi connectivity index (χ0n) is 15.5. The molecule has 0 radical (unpaired) electrons. The average molecular weight is 380 g/mol. The Morgan fingerprint density at radius 3 is 2.75 bits per heavy atom. The molecule has 3 rings (SSSR count). The Balaban J connectivity index is 1.79. The van der Waals surface area contributed by atoms with Crippen LogP contribution in [-0.2, 0) is 7.05 Å². The number of aryl methyl sites for hydroxylation is 1. The highest BCUT2D eigenvalue weighted by atomic mass is 16.5. The summed E-state index contributed by atoms with van der Waals surface area (Å²) in [5.41, 5.74) is 2.59. The normalized spacial score (nSPS) is 11.1. The molecular weight excluding hydrogens is 360 g/mol. The molecule has 0 saturated heterocycles. The molecule has 0 atom stereocenters. The minimum Gasteiger partial charge on any atom is -0.507 e. The Morgan fingerprint density at radius 1 is 1.29 bits per heavy atom. The third-order valence-electron chi connectivity index (χ3n) is 4.02. The summed E-state index contributed by atoms with van der Waals surface area (Å²) >= 11 is 0. The van der Waals surface area contributed by atoms with Crippen LogP contribution in [0.5, 0.6) is 11.5 Å². The van der Waals surface area contributed by atoms with Crippen LogP contribution in [-0.4, -0.2) is 33.6 Å². The molecule has 3 aromatic rings. The lowest BCUT2D eigenvalue weighted by Crippen LogP contribution is -2.27. The van der Waals surface area contributed by atoms with Gasteiger partial charge in [0.15, 0.2) is 5.69 Å². The summed E-state index contributed by atoms with van der Waals surface area (Å²) in [5.74, 6) is -0.0240. The van der Waals surface area contributed by atoms with Crippen LogP contribution in [0.15, 0.2) is 52.4 Å². The minimum absolute atomic E-state index is 0.0164. The Labute approximate surface area is 161 Å². The molecule has 0 aliphatic carbocycles. The van der Waals surface area contributed by atoms with Gasteiger partial charge < -0.3 is 9.84 Å². The molecule has 144 valence electrons. The molecule has 1 heterocycles. The molecule has 0 saturated carbocycles. The first-order valence-electron chi connectivity index (χ1n) is 8.76. The van der Waals surface area contributed by atoms with Crippen LogP contribution in [0, 0.1) is 0 Å². The van der Waals surface area contributed by atoms with Crippen LogP contribution in [0.2, 0.25) is 0 Å². The number of aromatic nitrogens is 2. The quantitative estimate of drug-likeness (QED) is 0.504. The summed E-state index contributed by atoms with van der Waals surface area (Å²) in [6.45, 7) is 2.55. The predicted octanol–water partition coefficient (Wildman–Crippen LogP) is 2.19. The molecule has 0 fully saturated rings. The lowest BCUT2D eigenvalue weighted by Gasteiger charge is -2.07. The number of phenolic OH excluding ortho intramolecular Hbond substituents is 1. The smallest absolute Gasteiger partial charge is 0.292 e. The number of hydrogen-bond acceptors (Lipinski definition) is 6. The second kappa shape index (κ2) is 8.34. The Kier molecular flexibility index (Phi) is 5.69. The second-order valence-electron chi connectivity index (χ2n) is 6.09. The van der Waals surface area contributed by atoms with E-state index < -0.39 is 5.91 Å². The monoisotopic (exact) mass is 380 g/mol. The summed E-state index contributed by atoms with van der Waals surface area (Å²) in [7, 11) is 1.48. The van der Waals surface area contributed by atoms with Gasteiger partial charge in [0.25, 0.3) is 11.5 Å². The standard InChI is InChI=1S/C20H20N4O4/c1-3-10-28-14-9-8-13(17(25)11-14)12-21-22-19(26)18-15-6-4-5-7-16(15)20(27)24(2)23-18/h4-9,11-12,25H,3,10H2,1-2H3,(H,22,26)/b21-12+. The van der Waals surface area contributed by atoms with Crippen LogP contribution >= 0.6 is 0 Å². The zero-order chi connectivity index (χ0) is 20.1. The summed E-state index contributed by atoms with van der Waals surface area (Å²) in [4.78, 5) is 24.6. The Bertz CT molecular complexity index is 1110. The fourth-order valence-corrected chi connectivity index (χ4v) is 2.62. The van der Waals surface area contributed by atoms with Crippen molar-refractivity contribution in [3.8, 4) is 11.5 Å². The van der Waals surface area contributed by atoms with Crippen molar-refractivity contribution < 1.29 is 14.6 Å². The van der Waals surface area contributed by atoms with Gasteiger partial charge in [0.1, 0.15) is 11.5 Å². The number of aromatic hydroxyl groups is 1. The number of carbonyl (C=O) groups excluding carboxylic acids is 1. The molecule has 1 aromatic heterocycles. The maximum atomic E-state index is 12.5. The van der Waals surface area contributed by atoms with E-state index in [2.05, 4.69) is 15.6 Å². The van der Waals surface area contributed by atoms with E-state index in [1.807, 2.05) is 6.92 Å². The van der Waals surface area contributed by atoms with Gasteiger partial charge in [0.05, 0.1) is 18.2 Å². The van der Waals surface area contributed by atoms with Crippen molar-refractivity contribution in [2.24, 2.45) is 12.1 Å². The number of carbonyl (C=O) groups is 1. The van der Waals surface area contributed by atoms with Gasteiger partial charge in [-0.3, -0.25) is 9.59 Å². The van der Waals surface area contributed by atoms with Crippen LogP contribution in [0.25, 0.3) is 10.8 Å². The van der Waals surface area contributed by atoms with Crippen molar-refractivity contribution in [3.63, 3.8) is 0 Å². The highest BCUT2D eigenvalue weighted by Crippen LogP contribution is 2.22. The number of benzene rings is 2. The first-order valence-corrected chi connectivity index (χ1v) is 8.76. The fourth-order valence-electron chi connectivity index (χ4n) is 2.62. The lowest BCUT2D eigenvalue weighted by molar-refractivity contribution is 0.0950. The van der Waals surface area contributed by atoms with Crippen molar-refractivity contribution >= 4 is 22.9 Å². The van der Waals surface area contributed by atoms with E-state index in [-0.39, 0.29) is 17.0 Å². The second-order valence-corrected chi connectivity index (χ2v) is 6.09. The number of amides is 1. The molecule has 0 aliphatic rings. The van der Waals surface area contributed by atoms with Gasteiger partial charge in [-0.2, -0.15) is 10.2 Å². The van der Waals surface area contributed by atoms with E-state index >= 15 is 0 Å². The summed E-state index contributed by atoms with van der Waals surface area (Å²) < 4.78 is 6.56. The highest BCUT2D eigenvalue weighted by Gasteiger charge is 2.15. The largest absolute Gasteiger partial charge is 0.507 e. The first kappa shape index (κ1) is 19.1. The van der Waals surface area contributed by atoms with E-state index in [1.54, 1.807) is 36.4 Å². The van der Waals surface area contributed by atoms with Crippen LogP contribution < -0.4 is 15.7 Å². The van der Waals surface area contributed by atoms with Crippen molar-refractivity contribution in [3.05, 3.63) is 64.1 Å². The minimum atomic E-state index is -0.564. The molecule has 8 nitrogen and oxygen atoms in total. The average Bonchev–Trinajstić information content (AvgIpc) is 2.70. The molecule has 2 N–H and O–H groups in total. The van der Waals surface area contributed by atoms with Gasteiger partial charge in [-0.1, -0.05) is 25.1 Å². The van der Waals surface area contributed by atoms with Gasteiger partial charge in [0, 0.05) is 24.1 Å². The topological polar surface area (TPSA) is 106 Å². The number of ether oxygens (including phenoxy) is 1. The maximum absolute atomic E-state index is 12.5. The zero-order valence-corrected chi connectivity index (χ0v) is 15.5. The van der Waals surface area contributed by atoms with E-state index in [0.717, 1.165) is 11.1 Å². The number of nitrogens with zero attached hydrogens (tertiary/aromatic N) is 3. The molecule has 0 bridgehead atoms. The molecule has 1 amide bonds. The molecule has 28 heavy (non-hydrogen) atoms. The summed E-state index contributed by atoms with van der Waals surface area (Å²) in [6.07, 6.45) is 2.19. The van der Waals surface area contributed by atoms with Crippen molar-refractivity contribution in [2.45, 2.75) is 13.3 Å². The van der Waals surface area contributed by atoms with Crippen LogP contribution in [0.1, 0.15) is 29.4 Å². The van der Waals surface area contributed by atoms with Crippen molar-refractivity contribution in [1.82, 2.24) is 15.2 Å². The number of phenols is 1. The predicted molar refractivity (Wildman–Crippen MR) is 106 cm³/mol. The van der Waals surface area contributed by atoms with Crippen LogP contribution in [0.3, 0.4) is 0 Å². The molecule has 8 heteroatoms. The van der Waals surface area contributed by atoms with E-state index in [0.29, 0.717) is 28.7 Å². The van der Waals surface area contributed by atoms with Gasteiger partial charge in [0.2, 0.25) is 0 Å². The third kappa shape index (κ3) is 4.01. The van der Waals surface area contributed by atoms with E-state index in [1.165, 1.54) is 19.3 Å². The van der Waals surface area contributed by atoms with E-state index in [9.17, 15) is 14.7 Å². The molecular formula is C20H20N4O4. The first-order chi connectivity index (χ1) is 13.5. The van der Waals surface area contributed by atoms with E-state index in [4.69, 9.17) is 4.74 Å². The molecule has 0 spiro atoms. The maximum Gasteiger partial charge on any atom is 0.292 e. The Morgan fingerprint density at radius 2 is 2.04 bits per heavy atom. The van der Waals surface area contributed by atoms with Gasteiger partial charge >= 0.3 is 0 Å². The SMILES string of the molecule is CCCOc1ccc(/C=N/NC(=O)c2nn(C)c(=O)c3ccccc23)c(O)c1. The van der Waals surface area contributed by atoms with Gasteiger partial charge in [-0.25, -0.2) is 10.1 Å². The molecule has 0 unspecified atom stereocenters. The highest BCUT2D eigenvalue weighted by molar-refractivity contribution is 6.05. The summed E-state index contributed by atoms with van der Waals surface area (Å²) in [5, 5.41) is 18.8. The van der Waals surface area contributed by atoms with Gasteiger partial charge in [-0.05, 0) is 24.6 Å². The van der Waals surface area contributed by atoms with Crippen molar-refractivity contribution in [2.75, 3.05) is 6.61 Å². The number of hydrazone groups is 1. The van der Waals surface area contributed by atoms with Crippen molar-refractivity contribution in [1.29, 1.82) is 0 Å². The third-order valence-corrected chi connectivity index (χ3v) is 4.02. The van der Waals surface area contributed by atoms with Crippen LogP contribution in [0.4, 0.5) is 0 Å². The number of nitrogens with one attached hydrogen (secondary N) is 1. The molecule has 2 aromatic carbocycles. The molecule has 0 aliphatic heterocycles. The van der Waals surface area contributed by atoms with Gasteiger partial charge in [-0.15, -0.1) is 0 Å². The number of rotatable bonds is 6.